The Morgan fingerprint density at radius 3 is 2.56 bits per heavy atom. The van der Waals surface area contributed by atoms with Gasteiger partial charge in [-0.15, -0.1) is 11.3 Å². The number of hydrogen-bond donors (Lipinski definition) is 1. The highest BCUT2D eigenvalue weighted by Crippen LogP contribution is 2.19. The lowest BCUT2D eigenvalue weighted by Gasteiger charge is -2.34. The second kappa shape index (κ2) is 5.69. The van der Waals surface area contributed by atoms with E-state index >= 15 is 0 Å². The van der Waals surface area contributed by atoms with Gasteiger partial charge in [-0.05, 0) is 51.2 Å². The number of rotatable bonds is 4. The maximum atomic E-state index is 12.1. The van der Waals surface area contributed by atoms with Gasteiger partial charge in [0.1, 0.15) is 4.21 Å². The lowest BCUT2D eigenvalue weighted by Crippen LogP contribution is -2.46. The standard InChI is InChI=1S/C12H20N2O2S2/c1-10(2)14-7-5-11(6-8-14)13-18(15,16)12-4-3-9-17-12/h3-4,9-11,13H,5-8H2,1-2H3. The molecule has 4 nitrogen and oxygen atoms in total. The van der Waals surface area contributed by atoms with Crippen molar-refractivity contribution in [1.82, 2.24) is 9.62 Å². The molecule has 0 amide bonds. The van der Waals surface area contributed by atoms with E-state index in [1.807, 2.05) is 0 Å². The van der Waals surface area contributed by atoms with Crippen LogP contribution in [0.15, 0.2) is 21.7 Å². The minimum Gasteiger partial charge on any atom is -0.301 e. The van der Waals surface area contributed by atoms with E-state index in [0.29, 0.717) is 10.3 Å². The minimum absolute atomic E-state index is 0.0760. The molecule has 0 bridgehead atoms. The summed E-state index contributed by atoms with van der Waals surface area (Å²) in [6, 6.07) is 4.03. The molecular weight excluding hydrogens is 268 g/mol. The molecule has 1 fully saturated rings. The molecule has 1 saturated heterocycles. The Kier molecular flexibility index (Phi) is 4.42. The number of nitrogens with zero attached hydrogens (tertiary/aromatic N) is 1. The molecule has 1 aromatic rings. The number of likely N-dealkylation sites (tertiary alicyclic amines) is 1. The highest BCUT2D eigenvalue weighted by atomic mass is 32.2. The van der Waals surface area contributed by atoms with E-state index in [4.69, 9.17) is 0 Å². The van der Waals surface area contributed by atoms with E-state index in [1.54, 1.807) is 17.5 Å². The Labute approximate surface area is 113 Å². The second-order valence-corrected chi connectivity index (χ2v) is 7.85. The fraction of sp³-hybridized carbons (Fsp3) is 0.667. The molecule has 2 rings (SSSR count). The van der Waals surface area contributed by atoms with Gasteiger partial charge in [0.2, 0.25) is 10.0 Å². The lowest BCUT2D eigenvalue weighted by atomic mass is 10.1. The van der Waals surface area contributed by atoms with E-state index in [-0.39, 0.29) is 6.04 Å². The van der Waals surface area contributed by atoms with Crippen LogP contribution in [0.5, 0.6) is 0 Å². The molecule has 6 heteroatoms. The van der Waals surface area contributed by atoms with Crippen LogP contribution in [0.25, 0.3) is 0 Å². The Morgan fingerprint density at radius 1 is 1.39 bits per heavy atom. The predicted molar refractivity (Wildman–Crippen MR) is 74.4 cm³/mol. The van der Waals surface area contributed by atoms with E-state index in [1.165, 1.54) is 11.3 Å². The third-order valence-electron chi connectivity index (χ3n) is 3.34. The van der Waals surface area contributed by atoms with Gasteiger partial charge in [-0.25, -0.2) is 13.1 Å². The first-order valence-corrected chi connectivity index (χ1v) is 8.65. The van der Waals surface area contributed by atoms with Gasteiger partial charge in [-0.1, -0.05) is 6.07 Å². The summed E-state index contributed by atoms with van der Waals surface area (Å²) in [5.74, 6) is 0. The summed E-state index contributed by atoms with van der Waals surface area (Å²) < 4.78 is 27.3. The van der Waals surface area contributed by atoms with Crippen LogP contribution < -0.4 is 4.72 Å². The summed E-state index contributed by atoms with van der Waals surface area (Å²) in [6.07, 6.45) is 1.78. The molecule has 0 radical (unpaired) electrons. The predicted octanol–water partition coefficient (Wildman–Crippen LogP) is 1.90. The highest BCUT2D eigenvalue weighted by Gasteiger charge is 2.25. The average Bonchev–Trinajstić information content (AvgIpc) is 2.83. The maximum Gasteiger partial charge on any atom is 0.250 e. The molecule has 0 aliphatic carbocycles. The van der Waals surface area contributed by atoms with Crippen LogP contribution >= 0.6 is 11.3 Å². The summed E-state index contributed by atoms with van der Waals surface area (Å²) in [5.41, 5.74) is 0. The van der Waals surface area contributed by atoms with Gasteiger partial charge in [0, 0.05) is 12.1 Å². The van der Waals surface area contributed by atoms with Crippen molar-refractivity contribution < 1.29 is 8.42 Å². The van der Waals surface area contributed by atoms with Crippen LogP contribution in [0.1, 0.15) is 26.7 Å². The van der Waals surface area contributed by atoms with Crippen LogP contribution in [0.2, 0.25) is 0 Å². The summed E-state index contributed by atoms with van der Waals surface area (Å²) in [4.78, 5) is 2.38. The van der Waals surface area contributed by atoms with E-state index in [0.717, 1.165) is 25.9 Å². The van der Waals surface area contributed by atoms with Crippen LogP contribution in [0, 0.1) is 0 Å². The summed E-state index contributed by atoms with van der Waals surface area (Å²) in [5, 5.41) is 1.79. The zero-order valence-electron chi connectivity index (χ0n) is 10.8. The fourth-order valence-corrected chi connectivity index (χ4v) is 4.54. The van der Waals surface area contributed by atoms with E-state index in [9.17, 15) is 8.42 Å². The molecule has 2 heterocycles. The molecule has 0 saturated carbocycles. The van der Waals surface area contributed by atoms with Crippen molar-refractivity contribution >= 4 is 21.4 Å². The van der Waals surface area contributed by atoms with Crippen molar-refractivity contribution in [1.29, 1.82) is 0 Å². The third kappa shape index (κ3) is 3.32. The minimum atomic E-state index is -3.30. The molecule has 1 N–H and O–H groups in total. The third-order valence-corrected chi connectivity index (χ3v) is 6.26. The number of thiophene rings is 1. The Morgan fingerprint density at radius 2 is 2.06 bits per heavy atom. The van der Waals surface area contributed by atoms with Crippen molar-refractivity contribution in [3.05, 3.63) is 17.5 Å². The molecule has 102 valence electrons. The Balaban J connectivity index is 1.92. The van der Waals surface area contributed by atoms with Gasteiger partial charge in [0.05, 0.1) is 0 Å². The molecule has 18 heavy (non-hydrogen) atoms. The van der Waals surface area contributed by atoms with Crippen molar-refractivity contribution in [3.8, 4) is 0 Å². The molecule has 0 unspecified atom stereocenters. The Hall–Kier alpha value is -0.430. The molecule has 1 aromatic heterocycles. The number of piperidine rings is 1. The zero-order chi connectivity index (χ0) is 13.2. The van der Waals surface area contributed by atoms with Crippen molar-refractivity contribution in [2.75, 3.05) is 13.1 Å². The van der Waals surface area contributed by atoms with Gasteiger partial charge < -0.3 is 4.90 Å². The van der Waals surface area contributed by atoms with Crippen LogP contribution in [0.3, 0.4) is 0 Å². The van der Waals surface area contributed by atoms with Gasteiger partial charge in [0.25, 0.3) is 0 Å². The summed E-state index contributed by atoms with van der Waals surface area (Å²) >= 11 is 1.26. The molecular formula is C12H20N2O2S2. The molecule has 0 aromatic carbocycles. The van der Waals surface area contributed by atoms with Gasteiger partial charge in [-0.2, -0.15) is 0 Å². The molecule has 1 aliphatic rings. The first-order chi connectivity index (χ1) is 8.49. The Bertz CT molecular complexity index is 460. The maximum absolute atomic E-state index is 12.1. The van der Waals surface area contributed by atoms with Crippen molar-refractivity contribution in [2.24, 2.45) is 0 Å². The van der Waals surface area contributed by atoms with Crippen molar-refractivity contribution in [2.45, 2.75) is 43.0 Å². The monoisotopic (exact) mass is 288 g/mol. The average molecular weight is 288 g/mol. The number of nitrogens with one attached hydrogen (secondary N) is 1. The fourth-order valence-electron chi connectivity index (χ4n) is 2.23. The largest absolute Gasteiger partial charge is 0.301 e. The topological polar surface area (TPSA) is 49.4 Å². The zero-order valence-corrected chi connectivity index (χ0v) is 12.4. The summed E-state index contributed by atoms with van der Waals surface area (Å²) in [7, 11) is -3.30. The van der Waals surface area contributed by atoms with Crippen LogP contribution in [0.4, 0.5) is 0 Å². The van der Waals surface area contributed by atoms with Gasteiger partial charge in [-0.3, -0.25) is 0 Å². The van der Waals surface area contributed by atoms with E-state index in [2.05, 4.69) is 23.5 Å². The summed E-state index contributed by atoms with van der Waals surface area (Å²) in [6.45, 7) is 6.29. The highest BCUT2D eigenvalue weighted by molar-refractivity contribution is 7.91. The van der Waals surface area contributed by atoms with Crippen LogP contribution in [-0.4, -0.2) is 38.5 Å². The quantitative estimate of drug-likeness (QED) is 0.920. The first kappa shape index (κ1) is 14.0. The molecule has 0 spiro atoms. The van der Waals surface area contributed by atoms with Crippen molar-refractivity contribution in [3.63, 3.8) is 0 Å². The van der Waals surface area contributed by atoms with Gasteiger partial charge in [0.15, 0.2) is 0 Å². The first-order valence-electron chi connectivity index (χ1n) is 6.29. The number of sulfonamides is 1. The van der Waals surface area contributed by atoms with Gasteiger partial charge >= 0.3 is 0 Å². The lowest BCUT2D eigenvalue weighted by molar-refractivity contribution is 0.168. The smallest absolute Gasteiger partial charge is 0.250 e. The number of hydrogen-bond acceptors (Lipinski definition) is 4. The van der Waals surface area contributed by atoms with Crippen LogP contribution in [-0.2, 0) is 10.0 Å². The normalized spacial score (nSPS) is 19.5. The SMILES string of the molecule is CC(C)N1CCC(NS(=O)(=O)c2cccs2)CC1. The second-order valence-electron chi connectivity index (χ2n) is 4.96. The molecule has 0 atom stereocenters. The molecule has 1 aliphatic heterocycles. The van der Waals surface area contributed by atoms with E-state index < -0.39 is 10.0 Å².